The van der Waals surface area contributed by atoms with Gasteiger partial charge < -0.3 is 14.6 Å². The monoisotopic (exact) mass is 307 g/mol. The van der Waals surface area contributed by atoms with Crippen molar-refractivity contribution in [3.63, 3.8) is 0 Å². The summed E-state index contributed by atoms with van der Waals surface area (Å²) in [6.07, 6.45) is 2.21. The van der Waals surface area contributed by atoms with Crippen LogP contribution in [0.2, 0.25) is 5.02 Å². The number of rotatable bonds is 4. The van der Waals surface area contributed by atoms with Gasteiger partial charge in [-0.25, -0.2) is 0 Å². The van der Waals surface area contributed by atoms with Crippen molar-refractivity contribution in [3.05, 3.63) is 29.1 Å². The Balaban J connectivity index is 1.93. The molecule has 1 aliphatic heterocycles. The fourth-order valence-electron chi connectivity index (χ4n) is 2.42. The smallest absolute Gasteiger partial charge is 0.244 e. The van der Waals surface area contributed by atoms with Gasteiger partial charge in [0.05, 0.1) is 17.7 Å². The van der Waals surface area contributed by atoms with E-state index >= 15 is 0 Å². The van der Waals surface area contributed by atoms with Crippen LogP contribution >= 0.6 is 11.6 Å². The summed E-state index contributed by atoms with van der Waals surface area (Å²) in [5.74, 6) is 1.84. The summed E-state index contributed by atoms with van der Waals surface area (Å²) < 4.78 is 11.2. The summed E-state index contributed by atoms with van der Waals surface area (Å²) >= 11 is 6.08. The van der Waals surface area contributed by atoms with Gasteiger partial charge in [0.25, 0.3) is 0 Å². The second kappa shape index (κ2) is 6.03. The van der Waals surface area contributed by atoms with E-state index in [1.54, 1.807) is 12.1 Å². The van der Waals surface area contributed by atoms with Crippen LogP contribution in [-0.4, -0.2) is 22.8 Å². The summed E-state index contributed by atoms with van der Waals surface area (Å²) in [6.45, 7) is 4.94. The maximum Gasteiger partial charge on any atom is 0.244 e. The van der Waals surface area contributed by atoms with Crippen LogP contribution in [-0.2, 0) is 0 Å². The normalized spacial score (nSPS) is 18.4. The van der Waals surface area contributed by atoms with Crippen LogP contribution in [0.1, 0.15) is 38.6 Å². The molecule has 3 rings (SSSR count). The highest BCUT2D eigenvalue weighted by molar-refractivity contribution is 6.30. The lowest BCUT2D eigenvalue weighted by atomic mass is 10.2. The van der Waals surface area contributed by atoms with Gasteiger partial charge in [0, 0.05) is 5.02 Å². The molecule has 1 aliphatic rings. The van der Waals surface area contributed by atoms with E-state index in [1.165, 1.54) is 0 Å². The zero-order valence-electron chi connectivity index (χ0n) is 12.1. The molecule has 1 aromatic carbocycles. The second-order valence-electron chi connectivity index (χ2n) is 5.41. The van der Waals surface area contributed by atoms with Crippen molar-refractivity contribution in [3.8, 4) is 17.1 Å². The maximum absolute atomic E-state index is 6.08. The van der Waals surface area contributed by atoms with E-state index in [0.717, 1.165) is 24.9 Å². The number of ether oxygens (including phenoxy) is 1. The Bertz CT molecular complexity index is 621. The average Bonchev–Trinajstić information content (AvgIpc) is 3.09. The number of nitrogens with zero attached hydrogens (tertiary/aromatic N) is 2. The minimum absolute atomic E-state index is 0.0628. The second-order valence-corrected chi connectivity index (χ2v) is 5.85. The Morgan fingerprint density at radius 2 is 2.29 bits per heavy atom. The minimum atomic E-state index is 0.0628. The third-order valence-corrected chi connectivity index (χ3v) is 3.58. The van der Waals surface area contributed by atoms with Crippen LogP contribution in [0.3, 0.4) is 0 Å². The predicted octanol–water partition coefficient (Wildman–Crippen LogP) is 3.60. The van der Waals surface area contributed by atoms with Gasteiger partial charge in [0.1, 0.15) is 5.75 Å². The molecule has 0 bridgehead atoms. The van der Waals surface area contributed by atoms with Crippen LogP contribution in [0.15, 0.2) is 22.7 Å². The van der Waals surface area contributed by atoms with Crippen molar-refractivity contribution in [1.82, 2.24) is 15.5 Å². The van der Waals surface area contributed by atoms with E-state index in [1.807, 2.05) is 19.9 Å². The minimum Gasteiger partial charge on any atom is -0.490 e. The summed E-state index contributed by atoms with van der Waals surface area (Å²) in [5, 5.41) is 8.03. The molecule has 0 radical (unpaired) electrons. The zero-order valence-corrected chi connectivity index (χ0v) is 12.9. The van der Waals surface area contributed by atoms with Gasteiger partial charge in [-0.15, -0.1) is 0 Å². The number of hydrogen-bond donors (Lipinski definition) is 1. The van der Waals surface area contributed by atoms with Gasteiger partial charge in [-0.05, 0) is 51.4 Å². The molecular weight excluding hydrogens is 290 g/mol. The van der Waals surface area contributed by atoms with Crippen molar-refractivity contribution in [1.29, 1.82) is 0 Å². The van der Waals surface area contributed by atoms with Gasteiger partial charge in [0.15, 0.2) is 0 Å². The van der Waals surface area contributed by atoms with E-state index in [9.17, 15) is 0 Å². The Morgan fingerprint density at radius 3 is 3.00 bits per heavy atom. The molecule has 2 aromatic rings. The molecule has 0 amide bonds. The standard InChI is InChI=1S/C15H18ClN3O2/c1-9(2)20-13-6-5-10(16)8-11(13)14-18-15(21-19-14)12-4-3-7-17-12/h5-6,8-9,12,17H,3-4,7H2,1-2H3/t12-/m0/s1. The van der Waals surface area contributed by atoms with E-state index in [2.05, 4.69) is 15.5 Å². The quantitative estimate of drug-likeness (QED) is 0.935. The third kappa shape index (κ3) is 3.19. The SMILES string of the molecule is CC(C)Oc1ccc(Cl)cc1-c1noc([C@@H]2CCCN2)n1. The molecule has 0 saturated carbocycles. The molecule has 0 aliphatic carbocycles. The highest BCUT2D eigenvalue weighted by atomic mass is 35.5. The van der Waals surface area contributed by atoms with Crippen molar-refractivity contribution >= 4 is 11.6 Å². The van der Waals surface area contributed by atoms with Crippen LogP contribution in [0.5, 0.6) is 5.75 Å². The van der Waals surface area contributed by atoms with Crippen LogP contribution in [0.4, 0.5) is 0 Å². The molecule has 0 unspecified atom stereocenters. The van der Waals surface area contributed by atoms with Crippen LogP contribution in [0.25, 0.3) is 11.4 Å². The first-order valence-electron chi connectivity index (χ1n) is 7.17. The molecule has 1 N–H and O–H groups in total. The largest absolute Gasteiger partial charge is 0.490 e. The molecule has 1 aromatic heterocycles. The van der Waals surface area contributed by atoms with E-state index in [-0.39, 0.29) is 12.1 Å². The van der Waals surface area contributed by atoms with E-state index in [0.29, 0.717) is 22.5 Å². The number of nitrogens with one attached hydrogen (secondary N) is 1. The average molecular weight is 308 g/mol. The highest BCUT2D eigenvalue weighted by Crippen LogP contribution is 2.33. The fraction of sp³-hybridized carbons (Fsp3) is 0.467. The first-order valence-corrected chi connectivity index (χ1v) is 7.55. The molecule has 1 saturated heterocycles. The van der Waals surface area contributed by atoms with E-state index < -0.39 is 0 Å². The molecule has 1 fully saturated rings. The lowest BCUT2D eigenvalue weighted by Crippen LogP contribution is -2.13. The Hall–Kier alpha value is -1.59. The molecule has 0 spiro atoms. The number of benzene rings is 1. The van der Waals surface area contributed by atoms with Crippen molar-refractivity contribution in [2.75, 3.05) is 6.54 Å². The van der Waals surface area contributed by atoms with Crippen molar-refractivity contribution in [2.24, 2.45) is 0 Å². The predicted molar refractivity (Wildman–Crippen MR) is 80.5 cm³/mol. The molecule has 112 valence electrons. The maximum atomic E-state index is 6.08. The Morgan fingerprint density at radius 1 is 1.43 bits per heavy atom. The van der Waals surface area contributed by atoms with Crippen LogP contribution < -0.4 is 10.1 Å². The first-order chi connectivity index (χ1) is 10.1. The number of hydrogen-bond acceptors (Lipinski definition) is 5. The van der Waals surface area contributed by atoms with Gasteiger partial charge in [-0.3, -0.25) is 0 Å². The molecule has 6 heteroatoms. The summed E-state index contributed by atoms with van der Waals surface area (Å²) in [6, 6.07) is 5.58. The van der Waals surface area contributed by atoms with Crippen molar-refractivity contribution in [2.45, 2.75) is 38.8 Å². The summed E-state index contributed by atoms with van der Waals surface area (Å²) in [4.78, 5) is 4.49. The Kier molecular flexibility index (Phi) is 4.12. The van der Waals surface area contributed by atoms with Crippen LogP contribution in [0, 0.1) is 0 Å². The molecule has 2 heterocycles. The van der Waals surface area contributed by atoms with Crippen molar-refractivity contribution < 1.29 is 9.26 Å². The Labute approximate surface area is 128 Å². The van der Waals surface area contributed by atoms with Gasteiger partial charge in [0.2, 0.25) is 11.7 Å². The number of halogens is 1. The fourth-order valence-corrected chi connectivity index (χ4v) is 2.59. The van der Waals surface area contributed by atoms with E-state index in [4.69, 9.17) is 20.9 Å². The third-order valence-electron chi connectivity index (χ3n) is 3.35. The first kappa shape index (κ1) is 14.4. The number of aromatic nitrogens is 2. The lowest BCUT2D eigenvalue weighted by Gasteiger charge is -2.12. The van der Waals surface area contributed by atoms with Gasteiger partial charge >= 0.3 is 0 Å². The highest BCUT2D eigenvalue weighted by Gasteiger charge is 2.23. The summed E-state index contributed by atoms with van der Waals surface area (Å²) in [7, 11) is 0. The zero-order chi connectivity index (χ0) is 14.8. The lowest BCUT2D eigenvalue weighted by molar-refractivity contribution is 0.243. The van der Waals surface area contributed by atoms with Gasteiger partial charge in [-0.2, -0.15) is 4.98 Å². The topological polar surface area (TPSA) is 60.2 Å². The molecule has 21 heavy (non-hydrogen) atoms. The molecule has 1 atom stereocenters. The summed E-state index contributed by atoms with van der Waals surface area (Å²) in [5.41, 5.74) is 0.754. The molecular formula is C15H18ClN3O2. The van der Waals surface area contributed by atoms with Gasteiger partial charge in [-0.1, -0.05) is 16.8 Å². The molecule has 5 nitrogen and oxygen atoms in total.